The molecule has 0 heterocycles. The summed E-state index contributed by atoms with van der Waals surface area (Å²) < 4.78 is 24.4. The number of sulfonamides is 1. The van der Waals surface area contributed by atoms with E-state index >= 15 is 0 Å². The second kappa shape index (κ2) is 6.14. The Morgan fingerprint density at radius 2 is 1.83 bits per heavy atom. The van der Waals surface area contributed by atoms with Crippen LogP contribution in [0.5, 0.6) is 0 Å². The monoisotopic (exact) mass is 280 g/mol. The maximum absolute atomic E-state index is 11.8. The number of amides is 1. The van der Waals surface area contributed by atoms with Crippen molar-refractivity contribution in [2.45, 2.75) is 45.2 Å². The Morgan fingerprint density at radius 1 is 1.33 bits per heavy atom. The zero-order chi connectivity index (χ0) is 14.6. The molecule has 0 aliphatic heterocycles. The molecule has 0 aromatic carbocycles. The molecular formula is C10H20N2O5S. The quantitative estimate of drug-likeness (QED) is 0.592. The van der Waals surface area contributed by atoms with Gasteiger partial charge in [-0.15, -0.1) is 0 Å². The van der Waals surface area contributed by atoms with Crippen LogP contribution in [-0.4, -0.2) is 43.2 Å². The van der Waals surface area contributed by atoms with Crippen molar-refractivity contribution in [2.24, 2.45) is 0 Å². The van der Waals surface area contributed by atoms with Crippen molar-refractivity contribution in [2.75, 3.05) is 6.26 Å². The van der Waals surface area contributed by atoms with Gasteiger partial charge in [-0.25, -0.2) is 13.1 Å². The summed E-state index contributed by atoms with van der Waals surface area (Å²) >= 11 is 0. The molecule has 7 nitrogen and oxygen atoms in total. The van der Waals surface area contributed by atoms with Crippen molar-refractivity contribution in [1.82, 2.24) is 10.0 Å². The van der Waals surface area contributed by atoms with Crippen LogP contribution < -0.4 is 10.0 Å². The van der Waals surface area contributed by atoms with Gasteiger partial charge in [0.1, 0.15) is 5.54 Å². The molecule has 0 spiro atoms. The number of carbonyl (C=O) groups excluding carboxylic acids is 1. The molecule has 0 saturated carbocycles. The number of carboxylic acids is 1. The van der Waals surface area contributed by atoms with Crippen LogP contribution in [0.15, 0.2) is 0 Å². The molecule has 0 fully saturated rings. The molecule has 0 aromatic heterocycles. The molecule has 0 saturated heterocycles. The summed E-state index contributed by atoms with van der Waals surface area (Å²) in [6.45, 7) is 4.54. The van der Waals surface area contributed by atoms with Gasteiger partial charge in [0.15, 0.2) is 0 Å². The van der Waals surface area contributed by atoms with E-state index in [2.05, 4.69) is 10.0 Å². The number of nitrogens with one attached hydrogen (secondary N) is 2. The lowest BCUT2D eigenvalue weighted by Crippen LogP contribution is -2.56. The van der Waals surface area contributed by atoms with E-state index in [0.717, 1.165) is 6.26 Å². The highest BCUT2D eigenvalue weighted by molar-refractivity contribution is 7.88. The maximum atomic E-state index is 11.8. The normalized spacial score (nSPS) is 14.0. The molecule has 0 bridgehead atoms. The zero-order valence-electron chi connectivity index (χ0n) is 11.0. The number of rotatable bonds is 7. The van der Waals surface area contributed by atoms with Crippen LogP contribution in [0.4, 0.5) is 0 Å². The van der Waals surface area contributed by atoms with Crippen LogP contribution >= 0.6 is 0 Å². The predicted molar refractivity (Wildman–Crippen MR) is 66.5 cm³/mol. The van der Waals surface area contributed by atoms with Crippen LogP contribution in [-0.2, 0) is 19.6 Å². The summed E-state index contributed by atoms with van der Waals surface area (Å²) in [7, 11) is -3.49. The van der Waals surface area contributed by atoms with Crippen LogP contribution in [0.2, 0.25) is 0 Å². The summed E-state index contributed by atoms with van der Waals surface area (Å²) in [5.41, 5.74) is -1.27. The minimum absolute atomic E-state index is 0.0542. The van der Waals surface area contributed by atoms with Crippen LogP contribution in [0.1, 0.15) is 33.6 Å². The molecule has 0 radical (unpaired) electrons. The van der Waals surface area contributed by atoms with Crippen molar-refractivity contribution < 1.29 is 23.1 Å². The number of hydrogen-bond donors (Lipinski definition) is 3. The Hall–Kier alpha value is -1.15. The van der Waals surface area contributed by atoms with E-state index < -0.39 is 27.4 Å². The summed E-state index contributed by atoms with van der Waals surface area (Å²) in [6, 6.07) is -0.339. The minimum atomic E-state index is -3.49. The predicted octanol–water partition coefficient (Wildman–Crippen LogP) is -0.316. The molecule has 0 aliphatic rings. The van der Waals surface area contributed by atoms with Crippen LogP contribution in [0.25, 0.3) is 0 Å². The molecule has 8 heteroatoms. The fourth-order valence-electron chi connectivity index (χ4n) is 1.33. The first-order chi connectivity index (χ1) is 7.94. The van der Waals surface area contributed by atoms with Crippen molar-refractivity contribution in [3.05, 3.63) is 0 Å². The minimum Gasteiger partial charge on any atom is -0.481 e. The van der Waals surface area contributed by atoms with Crippen LogP contribution in [0.3, 0.4) is 0 Å². The van der Waals surface area contributed by atoms with Gasteiger partial charge in [0.25, 0.3) is 0 Å². The Balaban J connectivity index is 4.43. The molecule has 1 amide bonds. The SMILES string of the molecule is CC(CCC(=O)O)NC(=O)C(C)(C)NS(C)(=O)=O. The molecular weight excluding hydrogens is 260 g/mol. The van der Waals surface area contributed by atoms with E-state index in [-0.39, 0.29) is 18.9 Å². The van der Waals surface area contributed by atoms with E-state index in [1.807, 2.05) is 0 Å². The van der Waals surface area contributed by atoms with Gasteiger partial charge in [0.2, 0.25) is 15.9 Å². The summed E-state index contributed by atoms with van der Waals surface area (Å²) in [5, 5.41) is 11.1. The lowest BCUT2D eigenvalue weighted by Gasteiger charge is -2.26. The molecule has 18 heavy (non-hydrogen) atoms. The second-order valence-electron chi connectivity index (χ2n) is 4.81. The Labute approximate surface area is 107 Å². The number of carbonyl (C=O) groups is 2. The fourth-order valence-corrected chi connectivity index (χ4v) is 2.35. The molecule has 1 atom stereocenters. The van der Waals surface area contributed by atoms with Gasteiger partial charge in [-0.05, 0) is 27.2 Å². The average Bonchev–Trinajstić information content (AvgIpc) is 2.10. The standard InChI is InChI=1S/C10H20N2O5S/c1-7(5-6-8(13)14)11-9(15)10(2,3)12-18(4,16)17/h7,12H,5-6H2,1-4H3,(H,11,15)(H,13,14). The van der Waals surface area contributed by atoms with Gasteiger partial charge in [-0.2, -0.15) is 0 Å². The van der Waals surface area contributed by atoms with Gasteiger partial charge in [-0.1, -0.05) is 0 Å². The lowest BCUT2D eigenvalue weighted by atomic mass is 10.1. The third kappa shape index (κ3) is 7.23. The topological polar surface area (TPSA) is 113 Å². The van der Waals surface area contributed by atoms with Crippen molar-refractivity contribution >= 4 is 21.9 Å². The molecule has 106 valence electrons. The third-order valence-corrected chi connectivity index (χ3v) is 3.06. The molecule has 1 unspecified atom stereocenters. The molecule has 3 N–H and O–H groups in total. The van der Waals surface area contributed by atoms with Gasteiger partial charge < -0.3 is 10.4 Å². The highest BCUT2D eigenvalue weighted by atomic mass is 32.2. The average molecular weight is 280 g/mol. The number of aliphatic carboxylic acids is 1. The Bertz CT molecular complexity index is 416. The van der Waals surface area contributed by atoms with Crippen LogP contribution in [0, 0.1) is 0 Å². The summed E-state index contributed by atoms with van der Waals surface area (Å²) in [5.74, 6) is -1.43. The zero-order valence-corrected chi connectivity index (χ0v) is 11.8. The van der Waals surface area contributed by atoms with E-state index in [1.54, 1.807) is 6.92 Å². The van der Waals surface area contributed by atoms with E-state index in [1.165, 1.54) is 13.8 Å². The summed E-state index contributed by atoms with van der Waals surface area (Å²) in [4.78, 5) is 22.2. The Kier molecular flexibility index (Phi) is 5.75. The highest BCUT2D eigenvalue weighted by Gasteiger charge is 2.31. The van der Waals surface area contributed by atoms with Gasteiger partial charge in [-0.3, -0.25) is 9.59 Å². The Morgan fingerprint density at radius 3 is 2.22 bits per heavy atom. The third-order valence-electron chi connectivity index (χ3n) is 2.18. The molecule has 0 rings (SSSR count). The molecule has 0 aromatic rings. The lowest BCUT2D eigenvalue weighted by molar-refractivity contribution is -0.137. The first-order valence-electron chi connectivity index (χ1n) is 5.46. The van der Waals surface area contributed by atoms with Gasteiger partial charge in [0.05, 0.1) is 6.26 Å². The molecule has 0 aliphatic carbocycles. The summed E-state index contributed by atoms with van der Waals surface area (Å²) in [6.07, 6.45) is 1.20. The highest BCUT2D eigenvalue weighted by Crippen LogP contribution is 2.06. The van der Waals surface area contributed by atoms with Crippen molar-refractivity contribution in [1.29, 1.82) is 0 Å². The first kappa shape index (κ1) is 16.9. The fraction of sp³-hybridized carbons (Fsp3) is 0.800. The van der Waals surface area contributed by atoms with E-state index in [4.69, 9.17) is 5.11 Å². The smallest absolute Gasteiger partial charge is 0.303 e. The number of carboxylic acid groups (broad SMARTS) is 1. The maximum Gasteiger partial charge on any atom is 0.303 e. The van der Waals surface area contributed by atoms with E-state index in [0.29, 0.717) is 0 Å². The first-order valence-corrected chi connectivity index (χ1v) is 7.35. The second-order valence-corrected chi connectivity index (χ2v) is 6.55. The van der Waals surface area contributed by atoms with Gasteiger partial charge >= 0.3 is 5.97 Å². The van der Waals surface area contributed by atoms with Crippen molar-refractivity contribution in [3.8, 4) is 0 Å². The number of hydrogen-bond acceptors (Lipinski definition) is 4. The van der Waals surface area contributed by atoms with Crippen molar-refractivity contribution in [3.63, 3.8) is 0 Å². The largest absolute Gasteiger partial charge is 0.481 e. The van der Waals surface area contributed by atoms with Gasteiger partial charge in [0, 0.05) is 12.5 Å². The van der Waals surface area contributed by atoms with E-state index in [9.17, 15) is 18.0 Å².